The Morgan fingerprint density at radius 2 is 1.63 bits per heavy atom. The summed E-state index contributed by atoms with van der Waals surface area (Å²) in [5.41, 5.74) is 1.86. The molecule has 2 aromatic carbocycles. The first-order chi connectivity index (χ1) is 13.2. The Morgan fingerprint density at radius 1 is 0.963 bits per heavy atom. The summed E-state index contributed by atoms with van der Waals surface area (Å²) in [5.74, 6) is -0.334. The van der Waals surface area contributed by atoms with Crippen LogP contribution in [-0.2, 0) is 4.79 Å². The maximum absolute atomic E-state index is 12.9. The van der Waals surface area contributed by atoms with Gasteiger partial charge < -0.3 is 10.2 Å². The summed E-state index contributed by atoms with van der Waals surface area (Å²) >= 11 is 0. The molecule has 142 valence electrons. The van der Waals surface area contributed by atoms with Crippen LogP contribution < -0.4 is 5.32 Å². The minimum absolute atomic E-state index is 0.0326. The third-order valence-electron chi connectivity index (χ3n) is 4.72. The van der Waals surface area contributed by atoms with Crippen LogP contribution in [0, 0.1) is 5.82 Å². The van der Waals surface area contributed by atoms with Crippen LogP contribution in [0.2, 0.25) is 0 Å². The van der Waals surface area contributed by atoms with Gasteiger partial charge in [0, 0.05) is 51.4 Å². The summed E-state index contributed by atoms with van der Waals surface area (Å²) in [6, 6.07) is 16.2. The molecular formula is C22H26FN3O. The van der Waals surface area contributed by atoms with Gasteiger partial charge in [-0.3, -0.25) is 9.69 Å². The van der Waals surface area contributed by atoms with E-state index in [1.54, 1.807) is 12.1 Å². The van der Waals surface area contributed by atoms with Crippen LogP contribution in [0.5, 0.6) is 0 Å². The molecule has 1 saturated heterocycles. The van der Waals surface area contributed by atoms with Crippen molar-refractivity contribution in [3.8, 4) is 0 Å². The van der Waals surface area contributed by atoms with E-state index in [0.717, 1.165) is 39.3 Å². The highest BCUT2D eigenvalue weighted by atomic mass is 19.1. The lowest BCUT2D eigenvalue weighted by atomic mass is 10.2. The van der Waals surface area contributed by atoms with Crippen LogP contribution in [-0.4, -0.2) is 55.0 Å². The first-order valence-corrected chi connectivity index (χ1v) is 9.41. The summed E-state index contributed by atoms with van der Waals surface area (Å²) < 4.78 is 12.9. The van der Waals surface area contributed by atoms with E-state index in [-0.39, 0.29) is 11.7 Å². The number of hydrogen-bond donors (Lipinski definition) is 1. The zero-order valence-electron chi connectivity index (χ0n) is 15.5. The number of anilines is 1. The Bertz CT molecular complexity index is 738. The second-order valence-electron chi connectivity index (χ2n) is 6.76. The number of benzene rings is 2. The summed E-state index contributed by atoms with van der Waals surface area (Å²) in [7, 11) is 0. The van der Waals surface area contributed by atoms with Gasteiger partial charge in [-0.15, -0.1) is 0 Å². The zero-order valence-corrected chi connectivity index (χ0v) is 15.5. The largest absolute Gasteiger partial charge is 0.326 e. The molecule has 27 heavy (non-hydrogen) atoms. The lowest BCUT2D eigenvalue weighted by Gasteiger charge is -2.34. The van der Waals surface area contributed by atoms with E-state index in [9.17, 15) is 9.18 Å². The number of hydrogen-bond acceptors (Lipinski definition) is 3. The number of nitrogens with one attached hydrogen (secondary N) is 1. The van der Waals surface area contributed by atoms with Crippen molar-refractivity contribution in [1.29, 1.82) is 0 Å². The zero-order chi connectivity index (χ0) is 18.9. The normalized spacial score (nSPS) is 15.9. The third kappa shape index (κ3) is 6.62. The van der Waals surface area contributed by atoms with Crippen molar-refractivity contribution in [2.75, 3.05) is 44.6 Å². The van der Waals surface area contributed by atoms with Gasteiger partial charge in [0.05, 0.1) is 0 Å². The Labute approximate surface area is 160 Å². The highest BCUT2D eigenvalue weighted by Gasteiger charge is 2.16. The minimum Gasteiger partial charge on any atom is -0.326 e. The second-order valence-corrected chi connectivity index (χ2v) is 6.76. The van der Waals surface area contributed by atoms with Gasteiger partial charge in [-0.05, 0) is 29.8 Å². The minimum atomic E-state index is -0.301. The van der Waals surface area contributed by atoms with Crippen LogP contribution in [0.1, 0.15) is 12.0 Å². The number of carbonyl (C=O) groups is 1. The van der Waals surface area contributed by atoms with E-state index in [0.29, 0.717) is 12.1 Å². The van der Waals surface area contributed by atoms with Crippen LogP contribution in [0.15, 0.2) is 60.7 Å². The number of halogens is 1. The van der Waals surface area contributed by atoms with Crippen molar-refractivity contribution in [3.05, 3.63) is 72.1 Å². The lowest BCUT2D eigenvalue weighted by Crippen LogP contribution is -2.46. The van der Waals surface area contributed by atoms with Gasteiger partial charge in [0.15, 0.2) is 0 Å². The molecule has 4 nitrogen and oxygen atoms in total. The molecule has 1 amide bonds. The number of carbonyl (C=O) groups excluding carboxylic acids is 1. The predicted molar refractivity (Wildman–Crippen MR) is 108 cm³/mol. The van der Waals surface area contributed by atoms with Gasteiger partial charge >= 0.3 is 0 Å². The van der Waals surface area contributed by atoms with Gasteiger partial charge in [0.2, 0.25) is 5.91 Å². The van der Waals surface area contributed by atoms with Crippen LogP contribution in [0.4, 0.5) is 10.1 Å². The molecule has 1 N–H and O–H groups in total. The maximum Gasteiger partial charge on any atom is 0.225 e. The van der Waals surface area contributed by atoms with Crippen LogP contribution >= 0.6 is 0 Å². The highest BCUT2D eigenvalue weighted by Crippen LogP contribution is 2.09. The average molecular weight is 367 g/mol. The summed E-state index contributed by atoms with van der Waals surface area (Å²) in [5, 5.41) is 2.81. The third-order valence-corrected chi connectivity index (χ3v) is 4.72. The van der Waals surface area contributed by atoms with Gasteiger partial charge in [-0.2, -0.15) is 0 Å². The quantitative estimate of drug-likeness (QED) is 0.814. The summed E-state index contributed by atoms with van der Waals surface area (Å²) in [4.78, 5) is 16.8. The topological polar surface area (TPSA) is 35.6 Å². The Balaban J connectivity index is 1.32. The molecule has 3 rings (SSSR count). The highest BCUT2D eigenvalue weighted by molar-refractivity contribution is 5.90. The summed E-state index contributed by atoms with van der Waals surface area (Å²) in [6.45, 7) is 5.68. The Kier molecular flexibility index (Phi) is 7.13. The smallest absolute Gasteiger partial charge is 0.225 e. The van der Waals surface area contributed by atoms with Crippen LogP contribution in [0.3, 0.4) is 0 Å². The Morgan fingerprint density at radius 3 is 2.33 bits per heavy atom. The van der Waals surface area contributed by atoms with Gasteiger partial charge in [-0.1, -0.05) is 42.5 Å². The van der Waals surface area contributed by atoms with Crippen molar-refractivity contribution in [3.63, 3.8) is 0 Å². The molecule has 0 atom stereocenters. The first-order valence-electron chi connectivity index (χ1n) is 9.41. The molecule has 0 bridgehead atoms. The van der Waals surface area contributed by atoms with Crippen molar-refractivity contribution in [2.45, 2.75) is 6.42 Å². The van der Waals surface area contributed by atoms with E-state index in [1.807, 2.05) is 18.2 Å². The van der Waals surface area contributed by atoms with Gasteiger partial charge in [-0.25, -0.2) is 4.39 Å². The average Bonchev–Trinajstić information content (AvgIpc) is 2.70. The predicted octanol–water partition coefficient (Wildman–Crippen LogP) is 3.49. The molecule has 2 aromatic rings. The van der Waals surface area contributed by atoms with E-state index >= 15 is 0 Å². The molecule has 1 aliphatic heterocycles. The standard InChI is InChI=1S/C22H26FN3O/c23-20-8-10-21(11-9-20)24-22(27)12-14-26-17-15-25(16-18-26)13-4-7-19-5-2-1-3-6-19/h1-11H,12-18H2,(H,24,27)/b7-4+. The van der Waals surface area contributed by atoms with E-state index < -0.39 is 0 Å². The molecule has 1 heterocycles. The maximum atomic E-state index is 12.9. The molecule has 0 saturated carbocycles. The monoisotopic (exact) mass is 367 g/mol. The molecule has 1 aliphatic rings. The molecule has 0 aliphatic carbocycles. The number of piperazine rings is 1. The molecular weight excluding hydrogens is 341 g/mol. The molecule has 0 radical (unpaired) electrons. The van der Waals surface area contributed by atoms with E-state index in [2.05, 4.69) is 39.4 Å². The van der Waals surface area contributed by atoms with Crippen molar-refractivity contribution in [2.24, 2.45) is 0 Å². The van der Waals surface area contributed by atoms with Gasteiger partial charge in [0.25, 0.3) is 0 Å². The fourth-order valence-electron chi connectivity index (χ4n) is 3.11. The number of rotatable bonds is 7. The number of amides is 1. The van der Waals surface area contributed by atoms with Gasteiger partial charge in [0.1, 0.15) is 5.82 Å². The lowest BCUT2D eigenvalue weighted by molar-refractivity contribution is -0.116. The molecule has 1 fully saturated rings. The fourth-order valence-corrected chi connectivity index (χ4v) is 3.11. The SMILES string of the molecule is O=C(CCN1CCN(C/C=C/c2ccccc2)CC1)Nc1ccc(F)cc1. The molecule has 0 unspecified atom stereocenters. The second kappa shape index (κ2) is 10.00. The van der Waals surface area contributed by atoms with Crippen LogP contribution in [0.25, 0.3) is 6.08 Å². The molecule has 5 heteroatoms. The van der Waals surface area contributed by atoms with Crippen molar-refractivity contribution >= 4 is 17.7 Å². The van der Waals surface area contributed by atoms with E-state index in [1.165, 1.54) is 17.7 Å². The fraction of sp³-hybridized carbons (Fsp3) is 0.318. The Hall–Kier alpha value is -2.50. The molecule has 0 spiro atoms. The number of nitrogens with zero attached hydrogens (tertiary/aromatic N) is 2. The summed E-state index contributed by atoms with van der Waals surface area (Å²) in [6.07, 6.45) is 4.82. The molecule has 0 aromatic heterocycles. The van der Waals surface area contributed by atoms with Crippen molar-refractivity contribution in [1.82, 2.24) is 9.80 Å². The first kappa shape index (κ1) is 19.3. The van der Waals surface area contributed by atoms with Crippen molar-refractivity contribution < 1.29 is 9.18 Å². The van der Waals surface area contributed by atoms with E-state index in [4.69, 9.17) is 0 Å².